The highest BCUT2D eigenvalue weighted by Crippen LogP contribution is 2.11. The highest BCUT2D eigenvalue weighted by Gasteiger charge is 2.34. The van der Waals surface area contributed by atoms with Crippen LogP contribution >= 0.6 is 0 Å². The lowest BCUT2D eigenvalue weighted by Crippen LogP contribution is -2.61. The van der Waals surface area contributed by atoms with Crippen LogP contribution in [0.25, 0.3) is 0 Å². The Morgan fingerprint density at radius 1 is 1.07 bits per heavy atom. The standard InChI is InChI=1S/C18H32N4O7/c1-4-9(2)13(21-15(25)11-6-5-7-19-11)16(26)22-14(10(3)24)17(27)20-12(8-23)18(28)29/h9-14,19,23-24H,4-8H2,1-3H3,(H,20,27)(H,21,25)(H,22,26)(H,28,29). The molecule has 3 amide bonds. The SMILES string of the molecule is CCC(C)C(NC(=O)C1CCCN1)C(=O)NC(C(=O)NC(CO)C(=O)O)C(C)O. The molecule has 6 atom stereocenters. The summed E-state index contributed by atoms with van der Waals surface area (Å²) >= 11 is 0. The third kappa shape index (κ3) is 7.26. The number of rotatable bonds is 11. The number of aliphatic hydroxyl groups excluding tert-OH is 2. The third-order valence-electron chi connectivity index (χ3n) is 5.03. The van der Waals surface area contributed by atoms with E-state index in [4.69, 9.17) is 10.2 Å². The van der Waals surface area contributed by atoms with Gasteiger partial charge in [-0.15, -0.1) is 0 Å². The molecule has 0 radical (unpaired) electrons. The molecule has 0 spiro atoms. The molecule has 0 aromatic carbocycles. The number of carbonyl (C=O) groups excluding carboxylic acids is 3. The van der Waals surface area contributed by atoms with Gasteiger partial charge in [-0.1, -0.05) is 20.3 Å². The molecule has 0 bridgehead atoms. The average molecular weight is 416 g/mol. The third-order valence-corrected chi connectivity index (χ3v) is 5.03. The van der Waals surface area contributed by atoms with Crippen molar-refractivity contribution in [3.8, 4) is 0 Å². The minimum atomic E-state index is -1.57. The Kier molecular flexibility index (Phi) is 9.99. The Morgan fingerprint density at radius 2 is 1.69 bits per heavy atom. The largest absolute Gasteiger partial charge is 0.480 e. The van der Waals surface area contributed by atoms with Gasteiger partial charge in [-0.05, 0) is 32.2 Å². The average Bonchev–Trinajstić information content (AvgIpc) is 3.21. The van der Waals surface area contributed by atoms with E-state index in [1.54, 1.807) is 6.92 Å². The number of amides is 3. The van der Waals surface area contributed by atoms with Crippen LogP contribution in [0, 0.1) is 5.92 Å². The zero-order valence-corrected chi connectivity index (χ0v) is 17.0. The van der Waals surface area contributed by atoms with E-state index in [1.165, 1.54) is 6.92 Å². The Morgan fingerprint density at radius 3 is 2.14 bits per heavy atom. The van der Waals surface area contributed by atoms with E-state index in [-0.39, 0.29) is 17.9 Å². The fourth-order valence-electron chi connectivity index (χ4n) is 2.96. The van der Waals surface area contributed by atoms with Gasteiger partial charge in [0, 0.05) is 0 Å². The normalized spacial score (nSPS) is 21.3. The van der Waals surface area contributed by atoms with Crippen molar-refractivity contribution in [2.75, 3.05) is 13.2 Å². The van der Waals surface area contributed by atoms with Gasteiger partial charge in [-0.3, -0.25) is 14.4 Å². The molecule has 7 N–H and O–H groups in total. The van der Waals surface area contributed by atoms with E-state index in [0.29, 0.717) is 12.8 Å². The maximum absolute atomic E-state index is 12.8. The first-order chi connectivity index (χ1) is 13.6. The summed E-state index contributed by atoms with van der Waals surface area (Å²) in [6, 6.07) is -4.34. The predicted octanol–water partition coefficient (Wildman–Crippen LogP) is -2.30. The van der Waals surface area contributed by atoms with E-state index in [0.717, 1.165) is 13.0 Å². The van der Waals surface area contributed by atoms with Crippen LogP contribution in [-0.2, 0) is 19.2 Å². The summed E-state index contributed by atoms with van der Waals surface area (Å²) in [7, 11) is 0. The van der Waals surface area contributed by atoms with Crippen molar-refractivity contribution in [3.05, 3.63) is 0 Å². The van der Waals surface area contributed by atoms with Crippen molar-refractivity contribution < 1.29 is 34.5 Å². The van der Waals surface area contributed by atoms with Gasteiger partial charge in [0.15, 0.2) is 0 Å². The lowest BCUT2D eigenvalue weighted by molar-refractivity contribution is -0.144. The maximum atomic E-state index is 12.8. The van der Waals surface area contributed by atoms with Crippen LogP contribution in [0.5, 0.6) is 0 Å². The molecule has 0 aromatic heterocycles. The predicted molar refractivity (Wildman–Crippen MR) is 103 cm³/mol. The summed E-state index contributed by atoms with van der Waals surface area (Å²) < 4.78 is 0. The van der Waals surface area contributed by atoms with Crippen molar-refractivity contribution in [2.45, 2.75) is 70.3 Å². The quantitative estimate of drug-likeness (QED) is 0.196. The molecular weight excluding hydrogens is 384 g/mol. The maximum Gasteiger partial charge on any atom is 0.328 e. The Balaban J connectivity index is 2.87. The van der Waals surface area contributed by atoms with Gasteiger partial charge in [-0.25, -0.2) is 4.79 Å². The van der Waals surface area contributed by atoms with Gasteiger partial charge in [-0.2, -0.15) is 0 Å². The van der Waals surface area contributed by atoms with Crippen molar-refractivity contribution in [3.63, 3.8) is 0 Å². The highest BCUT2D eigenvalue weighted by atomic mass is 16.4. The van der Waals surface area contributed by atoms with Crippen molar-refractivity contribution in [2.24, 2.45) is 5.92 Å². The lowest BCUT2D eigenvalue weighted by atomic mass is 9.97. The summed E-state index contributed by atoms with van der Waals surface area (Å²) in [4.78, 5) is 48.5. The van der Waals surface area contributed by atoms with Gasteiger partial charge in [0.25, 0.3) is 0 Å². The molecule has 6 unspecified atom stereocenters. The molecule has 1 fully saturated rings. The molecule has 1 aliphatic rings. The van der Waals surface area contributed by atoms with Crippen LogP contribution in [0.4, 0.5) is 0 Å². The van der Waals surface area contributed by atoms with Crippen LogP contribution in [-0.4, -0.2) is 82.4 Å². The first kappa shape index (κ1) is 24.8. The van der Waals surface area contributed by atoms with E-state index < -0.39 is 48.6 Å². The topological polar surface area (TPSA) is 177 Å². The molecule has 11 heteroatoms. The number of aliphatic hydroxyl groups is 2. The number of aliphatic carboxylic acids is 1. The molecule has 1 saturated heterocycles. The van der Waals surface area contributed by atoms with Crippen molar-refractivity contribution >= 4 is 23.7 Å². The van der Waals surface area contributed by atoms with Crippen LogP contribution in [0.3, 0.4) is 0 Å². The van der Waals surface area contributed by atoms with Gasteiger partial charge >= 0.3 is 5.97 Å². The first-order valence-electron chi connectivity index (χ1n) is 9.78. The molecule has 1 rings (SSSR count). The zero-order chi connectivity index (χ0) is 22.1. The molecule has 166 valence electrons. The van der Waals surface area contributed by atoms with Gasteiger partial charge in [0.05, 0.1) is 18.8 Å². The molecule has 11 nitrogen and oxygen atoms in total. The zero-order valence-electron chi connectivity index (χ0n) is 17.0. The Bertz CT molecular complexity index is 593. The lowest BCUT2D eigenvalue weighted by Gasteiger charge is -2.28. The second kappa shape index (κ2) is 11.7. The van der Waals surface area contributed by atoms with Gasteiger partial charge in [0.1, 0.15) is 18.1 Å². The number of carbonyl (C=O) groups is 4. The summed E-state index contributed by atoms with van der Waals surface area (Å²) in [6.07, 6.45) is 0.764. The molecule has 29 heavy (non-hydrogen) atoms. The second-order valence-electron chi connectivity index (χ2n) is 7.33. The molecule has 1 heterocycles. The van der Waals surface area contributed by atoms with Crippen LogP contribution in [0.15, 0.2) is 0 Å². The van der Waals surface area contributed by atoms with Gasteiger partial charge in [0.2, 0.25) is 17.7 Å². The number of carboxylic acids is 1. The summed E-state index contributed by atoms with van der Waals surface area (Å²) in [5, 5.41) is 38.1. The number of nitrogens with one attached hydrogen (secondary N) is 4. The first-order valence-corrected chi connectivity index (χ1v) is 9.78. The van der Waals surface area contributed by atoms with Crippen LogP contribution in [0.1, 0.15) is 40.0 Å². The Hall–Kier alpha value is -2.24. The smallest absolute Gasteiger partial charge is 0.328 e. The molecule has 0 saturated carbocycles. The van der Waals surface area contributed by atoms with E-state index in [2.05, 4.69) is 21.3 Å². The molecule has 0 aliphatic carbocycles. The van der Waals surface area contributed by atoms with Crippen LogP contribution < -0.4 is 21.3 Å². The number of hydrogen-bond acceptors (Lipinski definition) is 7. The minimum absolute atomic E-state index is 0.248. The number of hydrogen-bond donors (Lipinski definition) is 7. The monoisotopic (exact) mass is 416 g/mol. The second-order valence-corrected chi connectivity index (χ2v) is 7.33. The van der Waals surface area contributed by atoms with Crippen molar-refractivity contribution in [1.29, 1.82) is 0 Å². The molecular formula is C18H32N4O7. The minimum Gasteiger partial charge on any atom is -0.480 e. The highest BCUT2D eigenvalue weighted by molar-refractivity contribution is 5.94. The fourth-order valence-corrected chi connectivity index (χ4v) is 2.96. The van der Waals surface area contributed by atoms with Crippen LogP contribution in [0.2, 0.25) is 0 Å². The summed E-state index contributed by atoms with van der Waals surface area (Å²) in [5.74, 6) is -3.64. The van der Waals surface area contributed by atoms with Crippen molar-refractivity contribution in [1.82, 2.24) is 21.3 Å². The van der Waals surface area contributed by atoms with E-state index in [1.807, 2.05) is 6.92 Å². The van der Waals surface area contributed by atoms with E-state index in [9.17, 15) is 24.3 Å². The Labute approximate surface area is 169 Å². The number of carboxylic acid groups (broad SMARTS) is 1. The van der Waals surface area contributed by atoms with Gasteiger partial charge < -0.3 is 36.6 Å². The van der Waals surface area contributed by atoms with E-state index >= 15 is 0 Å². The molecule has 0 aromatic rings. The summed E-state index contributed by atoms with van der Waals surface area (Å²) in [5.41, 5.74) is 0. The summed E-state index contributed by atoms with van der Waals surface area (Å²) in [6.45, 7) is 4.76. The molecule has 1 aliphatic heterocycles. The fraction of sp³-hybridized carbons (Fsp3) is 0.778.